The molecular formula is C18H30N6O3S. The van der Waals surface area contributed by atoms with E-state index in [9.17, 15) is 13.2 Å². The molecule has 1 unspecified atom stereocenters. The lowest BCUT2D eigenvalue weighted by Gasteiger charge is -2.36. The van der Waals surface area contributed by atoms with Crippen LogP contribution in [0.3, 0.4) is 0 Å². The van der Waals surface area contributed by atoms with Gasteiger partial charge in [0, 0.05) is 40.0 Å². The van der Waals surface area contributed by atoms with E-state index in [2.05, 4.69) is 19.7 Å². The number of fused-ring (bicyclic) bond motifs is 2. The second-order valence-corrected chi connectivity index (χ2v) is 10.7. The van der Waals surface area contributed by atoms with Crippen LogP contribution in [0.2, 0.25) is 0 Å². The summed E-state index contributed by atoms with van der Waals surface area (Å²) in [6, 6.07) is 0. The predicted molar refractivity (Wildman–Crippen MR) is 108 cm³/mol. The molecule has 3 rings (SSSR count). The number of anilines is 2. The molecular weight excluding hydrogens is 380 g/mol. The summed E-state index contributed by atoms with van der Waals surface area (Å²) in [5.74, 6) is 1.45. The van der Waals surface area contributed by atoms with Crippen molar-refractivity contribution in [1.29, 1.82) is 0 Å². The van der Waals surface area contributed by atoms with E-state index in [0.717, 1.165) is 6.42 Å². The summed E-state index contributed by atoms with van der Waals surface area (Å²) in [6.07, 6.45) is 2.06. The Morgan fingerprint density at radius 1 is 1.07 bits per heavy atom. The molecule has 2 aliphatic rings. The van der Waals surface area contributed by atoms with E-state index in [0.29, 0.717) is 30.6 Å². The monoisotopic (exact) mass is 410 g/mol. The third kappa shape index (κ3) is 3.47. The summed E-state index contributed by atoms with van der Waals surface area (Å²) in [5.41, 5.74) is -1.08. The van der Waals surface area contributed by atoms with Crippen molar-refractivity contribution in [2.75, 3.05) is 43.7 Å². The molecule has 1 N–H and O–H groups in total. The largest absolute Gasteiger partial charge is 0.347 e. The molecule has 0 spiro atoms. The molecule has 0 aliphatic heterocycles. The first kappa shape index (κ1) is 20.9. The van der Waals surface area contributed by atoms with Gasteiger partial charge >= 0.3 is 0 Å². The van der Waals surface area contributed by atoms with Crippen LogP contribution >= 0.6 is 0 Å². The van der Waals surface area contributed by atoms with Crippen molar-refractivity contribution in [2.45, 2.75) is 39.7 Å². The first-order chi connectivity index (χ1) is 12.9. The fourth-order valence-corrected chi connectivity index (χ4v) is 6.31. The summed E-state index contributed by atoms with van der Waals surface area (Å²) in [5, 5.41) is 0. The minimum atomic E-state index is -3.68. The van der Waals surface area contributed by atoms with Gasteiger partial charge in [-0.15, -0.1) is 0 Å². The number of hydrogen-bond donors (Lipinski definition) is 1. The number of nitrogens with one attached hydrogen (secondary N) is 1. The van der Waals surface area contributed by atoms with Crippen molar-refractivity contribution in [3.8, 4) is 0 Å². The van der Waals surface area contributed by atoms with Gasteiger partial charge < -0.3 is 9.80 Å². The van der Waals surface area contributed by atoms with Crippen molar-refractivity contribution in [2.24, 2.45) is 16.7 Å². The molecule has 1 aromatic rings. The van der Waals surface area contributed by atoms with E-state index in [1.54, 1.807) is 9.80 Å². The molecule has 9 nitrogen and oxygen atoms in total. The van der Waals surface area contributed by atoms with Crippen LogP contribution in [0.1, 0.15) is 38.9 Å². The molecule has 0 amide bonds. The highest BCUT2D eigenvalue weighted by atomic mass is 32.2. The molecule has 0 saturated heterocycles. The summed E-state index contributed by atoms with van der Waals surface area (Å²) in [4.78, 5) is 29.1. The molecule has 1 heterocycles. The molecule has 2 saturated carbocycles. The maximum Gasteiger partial charge on any atom is 0.229 e. The van der Waals surface area contributed by atoms with E-state index in [-0.39, 0.29) is 29.4 Å². The molecule has 1 aromatic heterocycles. The van der Waals surface area contributed by atoms with Gasteiger partial charge in [0.25, 0.3) is 0 Å². The van der Waals surface area contributed by atoms with E-state index in [4.69, 9.17) is 0 Å². The van der Waals surface area contributed by atoms with E-state index >= 15 is 0 Å². The molecule has 156 valence electrons. The van der Waals surface area contributed by atoms with Crippen LogP contribution < -0.4 is 14.5 Å². The van der Waals surface area contributed by atoms with Crippen LogP contribution in [0.4, 0.5) is 11.9 Å². The Bertz CT molecular complexity index is 857. The Hall–Kier alpha value is -1.81. The zero-order valence-corrected chi connectivity index (χ0v) is 18.3. The van der Waals surface area contributed by atoms with Gasteiger partial charge in [-0.05, 0) is 24.2 Å². The van der Waals surface area contributed by atoms with Crippen molar-refractivity contribution in [3.63, 3.8) is 0 Å². The lowest BCUT2D eigenvalue weighted by molar-refractivity contribution is -0.128. The predicted octanol–water partition coefficient (Wildman–Crippen LogP) is 0.818. The molecule has 10 heteroatoms. The highest BCUT2D eigenvalue weighted by Gasteiger charge is 2.65. The van der Waals surface area contributed by atoms with Crippen LogP contribution in [0.5, 0.6) is 0 Å². The second-order valence-electron chi connectivity index (χ2n) is 8.89. The molecule has 28 heavy (non-hydrogen) atoms. The van der Waals surface area contributed by atoms with Gasteiger partial charge in [0.05, 0.1) is 12.3 Å². The molecule has 0 aromatic carbocycles. The van der Waals surface area contributed by atoms with Crippen LogP contribution in [0.15, 0.2) is 0 Å². The lowest BCUT2D eigenvalue weighted by atomic mass is 9.70. The van der Waals surface area contributed by atoms with Crippen LogP contribution in [0, 0.1) is 16.7 Å². The van der Waals surface area contributed by atoms with Gasteiger partial charge in [-0.1, -0.05) is 13.8 Å². The Balaban J connectivity index is 1.78. The van der Waals surface area contributed by atoms with Crippen molar-refractivity contribution < 1.29 is 13.2 Å². The summed E-state index contributed by atoms with van der Waals surface area (Å²) >= 11 is 0. The lowest BCUT2D eigenvalue weighted by Crippen LogP contribution is -2.45. The quantitative estimate of drug-likeness (QED) is 0.704. The van der Waals surface area contributed by atoms with Gasteiger partial charge in [0.1, 0.15) is 5.78 Å². The van der Waals surface area contributed by atoms with Gasteiger partial charge in [-0.3, -0.25) is 4.79 Å². The number of carbonyl (C=O) groups is 1. The van der Waals surface area contributed by atoms with Gasteiger partial charge in [0.15, 0.2) is 5.82 Å². The number of hydrogen-bond acceptors (Lipinski definition) is 8. The third-order valence-electron chi connectivity index (χ3n) is 6.48. The maximum atomic E-state index is 12.9. The second kappa shape index (κ2) is 6.91. The Morgan fingerprint density at radius 2 is 1.64 bits per heavy atom. The minimum Gasteiger partial charge on any atom is -0.347 e. The zero-order valence-electron chi connectivity index (χ0n) is 17.5. The topological polar surface area (TPSA) is 108 Å². The fourth-order valence-electron chi connectivity index (χ4n) is 4.53. The number of aromatic nitrogens is 3. The number of ketones is 1. The summed E-state index contributed by atoms with van der Waals surface area (Å²) < 4.78 is 28.3. The maximum absolute atomic E-state index is 12.9. The molecule has 2 bridgehead atoms. The number of nitrogens with zero attached hydrogens (tertiary/aromatic N) is 5. The van der Waals surface area contributed by atoms with Crippen LogP contribution in [-0.4, -0.2) is 63.1 Å². The first-order valence-electron chi connectivity index (χ1n) is 9.48. The number of Topliss-reactive ketones (excluding diaryl/α,β-unsaturated/α-hetero) is 1. The molecule has 0 radical (unpaired) electrons. The van der Waals surface area contributed by atoms with E-state index in [1.807, 2.05) is 42.0 Å². The van der Waals surface area contributed by atoms with E-state index in [1.165, 1.54) is 0 Å². The first-order valence-corrected chi connectivity index (χ1v) is 11.1. The number of sulfonamides is 1. The summed E-state index contributed by atoms with van der Waals surface area (Å²) in [7, 11) is 3.57. The molecule has 2 atom stereocenters. The number of carbonyl (C=O) groups excluding carboxylic acids is 1. The highest BCUT2D eigenvalue weighted by molar-refractivity contribution is 7.89. The standard InChI is InChI=1S/C18H30N6O3S/c1-17(2)12-7-8-18(17,13(25)9-12)11-28(26,27)19-10-14-20-15(23(3)4)22-16(21-14)24(5)6/h12,19H,7-11H2,1-6H3/t12?,18-/m1/s1. The molecule has 2 fully saturated rings. The minimum absolute atomic E-state index is 0.0410. The number of rotatable bonds is 7. The van der Waals surface area contributed by atoms with Crippen LogP contribution in [0.25, 0.3) is 0 Å². The Labute approximate surface area is 167 Å². The van der Waals surface area contributed by atoms with Crippen LogP contribution in [-0.2, 0) is 21.4 Å². The Kier molecular flexibility index (Phi) is 5.16. The molecule has 2 aliphatic carbocycles. The van der Waals surface area contributed by atoms with Crippen molar-refractivity contribution in [1.82, 2.24) is 19.7 Å². The smallest absolute Gasteiger partial charge is 0.229 e. The SMILES string of the molecule is CN(C)c1nc(CNS(=O)(=O)C[C@]23CCC(CC2=O)C3(C)C)nc(N(C)C)n1. The third-order valence-corrected chi connectivity index (χ3v) is 7.94. The fraction of sp³-hybridized carbons (Fsp3) is 0.778. The summed E-state index contributed by atoms with van der Waals surface area (Å²) in [6.45, 7) is 4.02. The van der Waals surface area contributed by atoms with Crippen molar-refractivity contribution in [3.05, 3.63) is 5.82 Å². The average molecular weight is 411 g/mol. The average Bonchev–Trinajstić information content (AvgIpc) is 2.93. The van der Waals surface area contributed by atoms with Crippen molar-refractivity contribution >= 4 is 27.7 Å². The Morgan fingerprint density at radius 3 is 2.07 bits per heavy atom. The van der Waals surface area contributed by atoms with Gasteiger partial charge in [0.2, 0.25) is 21.9 Å². The zero-order chi connectivity index (χ0) is 20.9. The van der Waals surface area contributed by atoms with Gasteiger partial charge in [-0.25, -0.2) is 13.1 Å². The van der Waals surface area contributed by atoms with Gasteiger partial charge in [-0.2, -0.15) is 15.0 Å². The highest BCUT2D eigenvalue weighted by Crippen LogP contribution is 2.64. The normalized spacial score (nSPS) is 25.9. The van der Waals surface area contributed by atoms with E-state index < -0.39 is 15.4 Å².